The summed E-state index contributed by atoms with van der Waals surface area (Å²) in [4.78, 5) is 9.45. The third-order valence-electron chi connectivity index (χ3n) is 5.58. The summed E-state index contributed by atoms with van der Waals surface area (Å²) in [5.41, 5.74) is 0.816. The molecule has 0 amide bonds. The molecule has 27 heavy (non-hydrogen) atoms. The van der Waals surface area contributed by atoms with E-state index in [0.717, 1.165) is 22.9 Å². The Morgan fingerprint density at radius 2 is 1.89 bits per heavy atom. The van der Waals surface area contributed by atoms with Gasteiger partial charge in [0.05, 0.1) is 18.5 Å². The van der Waals surface area contributed by atoms with Gasteiger partial charge in [0.15, 0.2) is 0 Å². The van der Waals surface area contributed by atoms with Crippen LogP contribution in [0.4, 0.5) is 0 Å². The molecule has 1 aromatic heterocycles. The predicted octanol–water partition coefficient (Wildman–Crippen LogP) is 1.18. The molecule has 1 aliphatic rings. The number of hydrogen-bond donors (Lipinski definition) is 3. The van der Waals surface area contributed by atoms with Gasteiger partial charge in [-0.3, -0.25) is 4.99 Å². The molecule has 4 rings (SSSR count). The van der Waals surface area contributed by atoms with Crippen LogP contribution in [0.3, 0.4) is 0 Å². The molecular weight excluding hydrogens is 354 g/mol. The number of benzene rings is 2. The van der Waals surface area contributed by atoms with Crippen LogP contribution in [0.5, 0.6) is 5.75 Å². The quantitative estimate of drug-likeness (QED) is 0.571. The highest BCUT2D eigenvalue weighted by molar-refractivity contribution is 7.10. The Morgan fingerprint density at radius 3 is 2.67 bits per heavy atom. The normalized spacial score (nSPS) is 21.7. The molecule has 1 atom stereocenters. The third-order valence-corrected chi connectivity index (χ3v) is 6.57. The zero-order valence-electron chi connectivity index (χ0n) is 15.7. The third kappa shape index (κ3) is 4.05. The number of aliphatic imine (C=N–C) groups is 1. The Balaban J connectivity index is 1.57. The van der Waals surface area contributed by atoms with E-state index in [-0.39, 0.29) is 0 Å². The summed E-state index contributed by atoms with van der Waals surface area (Å²) in [7, 11) is 2.28. The number of thiophene rings is 1. The largest absolute Gasteiger partial charge is 0.507 e. The summed E-state index contributed by atoms with van der Waals surface area (Å²) in [5, 5.41) is 14.7. The number of likely N-dealkylation sites (N-methyl/N-ethyl adjacent to an activating group) is 1. The molecule has 3 N–H and O–H groups in total. The van der Waals surface area contributed by atoms with E-state index in [1.807, 2.05) is 41.8 Å². The van der Waals surface area contributed by atoms with Crippen LogP contribution < -0.4 is 9.80 Å². The number of nitrogens with zero attached hydrogens (tertiary/aromatic N) is 1. The van der Waals surface area contributed by atoms with Crippen molar-refractivity contribution in [2.75, 3.05) is 39.8 Å². The Bertz CT molecular complexity index is 914. The number of fused-ring (bicyclic) bond motifs is 1. The van der Waals surface area contributed by atoms with E-state index < -0.39 is 0 Å². The minimum absolute atomic E-state index is 0.292. The molecule has 1 aliphatic heterocycles. The molecule has 140 valence electrons. The SMILES string of the molecule is C[NH+]1CC[NH+]([C@H](CN=Cc2c(O)ccc3ccccc23)c2cccs2)CC1. The Morgan fingerprint density at radius 1 is 1.07 bits per heavy atom. The first-order chi connectivity index (χ1) is 13.2. The zero-order valence-corrected chi connectivity index (χ0v) is 16.5. The van der Waals surface area contributed by atoms with Crippen LogP contribution in [0, 0.1) is 0 Å². The summed E-state index contributed by atoms with van der Waals surface area (Å²) in [5.74, 6) is 0.292. The molecule has 4 nitrogen and oxygen atoms in total. The minimum Gasteiger partial charge on any atom is -0.507 e. The van der Waals surface area contributed by atoms with Crippen molar-refractivity contribution in [3.63, 3.8) is 0 Å². The van der Waals surface area contributed by atoms with Gasteiger partial charge in [0.1, 0.15) is 38.0 Å². The number of quaternary nitrogens is 2. The van der Waals surface area contributed by atoms with Crippen molar-refractivity contribution in [3.05, 3.63) is 64.4 Å². The molecule has 1 saturated heterocycles. The standard InChI is InChI=1S/C22H25N3OS/c1-24-10-12-25(13-11-24)20(22-7-4-14-27-22)16-23-15-19-18-6-3-2-5-17(18)8-9-21(19)26/h2-9,14-15,20,26H,10-13,16H2,1H3/p+2/t20-/m1/s1. The van der Waals surface area contributed by atoms with Gasteiger partial charge >= 0.3 is 0 Å². The zero-order chi connectivity index (χ0) is 18.6. The number of nitrogens with one attached hydrogen (secondary N) is 2. The Kier molecular flexibility index (Phi) is 5.53. The molecule has 0 unspecified atom stereocenters. The number of piperazine rings is 1. The molecule has 2 aromatic carbocycles. The summed E-state index contributed by atoms with van der Waals surface area (Å²) in [6, 6.07) is 16.6. The maximum absolute atomic E-state index is 10.3. The van der Waals surface area contributed by atoms with Crippen LogP contribution in [0.25, 0.3) is 10.8 Å². The molecule has 0 saturated carbocycles. The average molecular weight is 382 g/mol. The van der Waals surface area contributed by atoms with E-state index in [1.54, 1.807) is 15.9 Å². The number of hydrogen-bond acceptors (Lipinski definition) is 3. The first kappa shape index (κ1) is 18.2. The smallest absolute Gasteiger partial charge is 0.142 e. The van der Waals surface area contributed by atoms with E-state index in [2.05, 4.69) is 30.6 Å². The van der Waals surface area contributed by atoms with Crippen molar-refractivity contribution in [1.82, 2.24) is 0 Å². The van der Waals surface area contributed by atoms with E-state index in [4.69, 9.17) is 4.99 Å². The summed E-state index contributed by atoms with van der Waals surface area (Å²) < 4.78 is 0. The van der Waals surface area contributed by atoms with Crippen LogP contribution in [0.1, 0.15) is 16.5 Å². The number of phenols is 1. The topological polar surface area (TPSA) is 41.5 Å². The molecular formula is C22H27N3OS+2. The molecule has 5 heteroatoms. The maximum atomic E-state index is 10.3. The average Bonchev–Trinajstić information content (AvgIpc) is 3.22. The van der Waals surface area contributed by atoms with Gasteiger partial charge in [0.2, 0.25) is 0 Å². The van der Waals surface area contributed by atoms with Crippen molar-refractivity contribution >= 4 is 28.3 Å². The van der Waals surface area contributed by atoms with Crippen molar-refractivity contribution in [2.45, 2.75) is 6.04 Å². The van der Waals surface area contributed by atoms with Gasteiger partial charge in [-0.15, -0.1) is 11.3 Å². The lowest BCUT2D eigenvalue weighted by atomic mass is 10.0. The van der Waals surface area contributed by atoms with Gasteiger partial charge in [-0.05, 0) is 28.3 Å². The highest BCUT2D eigenvalue weighted by Gasteiger charge is 2.29. The lowest BCUT2D eigenvalue weighted by molar-refractivity contribution is -1.02. The summed E-state index contributed by atoms with van der Waals surface area (Å²) >= 11 is 1.83. The Hall–Kier alpha value is -2.21. The van der Waals surface area contributed by atoms with E-state index in [1.165, 1.54) is 31.1 Å². The monoisotopic (exact) mass is 381 g/mol. The van der Waals surface area contributed by atoms with Gasteiger partial charge in [0, 0.05) is 11.8 Å². The second kappa shape index (κ2) is 8.21. The van der Waals surface area contributed by atoms with E-state index in [0.29, 0.717) is 11.8 Å². The lowest BCUT2D eigenvalue weighted by Gasteiger charge is -2.32. The maximum Gasteiger partial charge on any atom is 0.142 e. The molecule has 0 bridgehead atoms. The van der Waals surface area contributed by atoms with Gasteiger partial charge in [-0.2, -0.15) is 0 Å². The molecule has 0 radical (unpaired) electrons. The number of rotatable bonds is 5. The lowest BCUT2D eigenvalue weighted by Crippen LogP contribution is -3.27. The fraction of sp³-hybridized carbons (Fsp3) is 0.318. The van der Waals surface area contributed by atoms with Crippen LogP contribution in [-0.4, -0.2) is 51.1 Å². The minimum atomic E-state index is 0.292. The fourth-order valence-corrected chi connectivity index (χ4v) is 4.80. The van der Waals surface area contributed by atoms with Gasteiger partial charge < -0.3 is 14.9 Å². The van der Waals surface area contributed by atoms with Crippen LogP contribution >= 0.6 is 11.3 Å². The van der Waals surface area contributed by atoms with Gasteiger partial charge in [-0.25, -0.2) is 0 Å². The molecule has 0 spiro atoms. The van der Waals surface area contributed by atoms with Crippen molar-refractivity contribution in [3.8, 4) is 5.75 Å². The number of aromatic hydroxyl groups is 1. The Labute approximate surface area is 164 Å². The van der Waals surface area contributed by atoms with Crippen molar-refractivity contribution in [2.24, 2.45) is 4.99 Å². The highest BCUT2D eigenvalue weighted by atomic mass is 32.1. The second-order valence-corrected chi connectivity index (χ2v) is 8.38. The van der Waals surface area contributed by atoms with Crippen molar-refractivity contribution < 1.29 is 14.9 Å². The summed E-state index contributed by atoms with van der Waals surface area (Å²) in [6.45, 7) is 5.54. The first-order valence-electron chi connectivity index (χ1n) is 9.62. The first-order valence-corrected chi connectivity index (χ1v) is 10.5. The number of phenolic OH excluding ortho intramolecular Hbond substituents is 1. The van der Waals surface area contributed by atoms with Crippen LogP contribution in [0.15, 0.2) is 58.9 Å². The predicted molar refractivity (Wildman–Crippen MR) is 112 cm³/mol. The molecule has 0 aliphatic carbocycles. The van der Waals surface area contributed by atoms with E-state index >= 15 is 0 Å². The van der Waals surface area contributed by atoms with Crippen molar-refractivity contribution in [1.29, 1.82) is 0 Å². The molecule has 2 heterocycles. The van der Waals surface area contributed by atoms with E-state index in [9.17, 15) is 5.11 Å². The van der Waals surface area contributed by atoms with Crippen LogP contribution in [-0.2, 0) is 0 Å². The van der Waals surface area contributed by atoms with Gasteiger partial charge in [0.25, 0.3) is 0 Å². The van der Waals surface area contributed by atoms with Gasteiger partial charge in [-0.1, -0.05) is 36.4 Å². The summed E-state index contributed by atoms with van der Waals surface area (Å²) in [6.07, 6.45) is 1.86. The highest BCUT2D eigenvalue weighted by Crippen LogP contribution is 2.25. The molecule has 3 aromatic rings. The van der Waals surface area contributed by atoms with Crippen LogP contribution in [0.2, 0.25) is 0 Å². The second-order valence-electron chi connectivity index (χ2n) is 7.40. The molecule has 1 fully saturated rings. The fourth-order valence-electron chi connectivity index (χ4n) is 3.93.